The van der Waals surface area contributed by atoms with Crippen molar-refractivity contribution < 1.29 is 9.53 Å². The zero-order valence-electron chi connectivity index (χ0n) is 3.76. The molecule has 0 aliphatic carbocycles. The van der Waals surface area contributed by atoms with Crippen LogP contribution in [0.4, 0.5) is 0 Å². The van der Waals surface area contributed by atoms with Crippen LogP contribution in [-0.2, 0) is 9.53 Å². The summed E-state index contributed by atoms with van der Waals surface area (Å²) >= 11 is 3.45. The first-order chi connectivity index (χ1) is 3.31. The molecule has 0 aliphatic heterocycles. The molecule has 38 valence electrons. The number of thiol groups is 1. The lowest BCUT2D eigenvalue weighted by Crippen LogP contribution is -1.93. The van der Waals surface area contributed by atoms with E-state index in [4.69, 9.17) is 0 Å². The minimum absolute atomic E-state index is 0.560. The minimum Gasteiger partial charge on any atom is -0.459 e. The highest BCUT2D eigenvalue weighted by Crippen LogP contribution is 1.67. The van der Waals surface area contributed by atoms with Crippen molar-refractivity contribution in [2.75, 3.05) is 7.11 Å². The van der Waals surface area contributed by atoms with Gasteiger partial charge in [0.25, 0.3) is 0 Å². The van der Waals surface area contributed by atoms with E-state index in [1.165, 1.54) is 7.11 Å². The molecule has 0 saturated heterocycles. The maximum Gasteiger partial charge on any atom is 0.384 e. The fourth-order valence-electron chi connectivity index (χ4n) is 0.0967. The van der Waals surface area contributed by atoms with Crippen LogP contribution in [-0.4, -0.2) is 13.1 Å². The van der Waals surface area contributed by atoms with E-state index in [1.54, 1.807) is 0 Å². The average molecular weight is 116 g/mol. The molecule has 0 aromatic rings. The molecule has 7 heavy (non-hydrogen) atoms. The predicted octanol–water partition coefficient (Wildman–Crippen LogP) is 0.0501. The van der Waals surface area contributed by atoms with Crippen LogP contribution in [0.3, 0.4) is 0 Å². The van der Waals surface area contributed by atoms with Crippen LogP contribution in [0.25, 0.3) is 0 Å². The largest absolute Gasteiger partial charge is 0.459 e. The number of hydrogen-bond acceptors (Lipinski definition) is 3. The van der Waals surface area contributed by atoms with E-state index in [9.17, 15) is 4.79 Å². The molecular weight excluding hydrogens is 112 g/mol. The summed E-state index contributed by atoms with van der Waals surface area (Å²) in [4.78, 5) is 9.97. The highest BCUT2D eigenvalue weighted by atomic mass is 32.1. The van der Waals surface area contributed by atoms with Crippen LogP contribution in [0.1, 0.15) is 0 Å². The van der Waals surface area contributed by atoms with Crippen molar-refractivity contribution in [2.24, 2.45) is 0 Å². The molecule has 0 N–H and O–H groups in total. The zero-order chi connectivity index (χ0) is 5.70. The number of carbonyl (C=O) groups is 1. The van der Waals surface area contributed by atoms with Crippen molar-refractivity contribution in [3.8, 4) is 11.2 Å². The Kier molecular flexibility index (Phi) is 3.25. The van der Waals surface area contributed by atoms with Crippen molar-refractivity contribution in [2.45, 2.75) is 0 Å². The summed E-state index contributed by atoms with van der Waals surface area (Å²) in [5.41, 5.74) is 0. The third-order valence-corrected chi connectivity index (χ3v) is 0.455. The van der Waals surface area contributed by atoms with Gasteiger partial charge in [-0.05, 0) is 5.25 Å². The van der Waals surface area contributed by atoms with Crippen molar-refractivity contribution in [1.82, 2.24) is 0 Å². The number of methoxy groups -OCH3 is 1. The summed E-state index contributed by atoms with van der Waals surface area (Å²) in [5, 5.41) is 2.09. The van der Waals surface area contributed by atoms with Crippen LogP contribution in [0.2, 0.25) is 0 Å². The number of ether oxygens (including phenoxy) is 1. The Labute approximate surface area is 47.3 Å². The predicted molar refractivity (Wildman–Crippen MR) is 28.8 cm³/mol. The lowest BCUT2D eigenvalue weighted by Gasteiger charge is -1.80. The van der Waals surface area contributed by atoms with Gasteiger partial charge in [-0.15, -0.1) is 0 Å². The Morgan fingerprint density at radius 3 is 2.57 bits per heavy atom. The van der Waals surface area contributed by atoms with Gasteiger partial charge in [-0.25, -0.2) is 4.79 Å². The summed E-state index contributed by atoms with van der Waals surface area (Å²) < 4.78 is 4.13. The van der Waals surface area contributed by atoms with E-state index < -0.39 is 5.97 Å². The smallest absolute Gasteiger partial charge is 0.384 e. The maximum atomic E-state index is 9.97. The summed E-state index contributed by atoms with van der Waals surface area (Å²) in [6, 6.07) is 0. The molecule has 0 saturated carbocycles. The van der Waals surface area contributed by atoms with E-state index in [1.807, 2.05) is 5.92 Å². The van der Waals surface area contributed by atoms with Gasteiger partial charge >= 0.3 is 5.97 Å². The summed E-state index contributed by atoms with van der Waals surface area (Å²) in [5.74, 6) is 1.49. The van der Waals surface area contributed by atoms with Crippen LogP contribution in [0, 0.1) is 11.2 Å². The van der Waals surface area contributed by atoms with Crippen LogP contribution >= 0.6 is 12.6 Å². The molecule has 0 spiro atoms. The molecule has 2 nitrogen and oxygen atoms in total. The second-order valence-electron chi connectivity index (χ2n) is 0.728. The first kappa shape index (κ1) is 6.38. The third-order valence-electron chi connectivity index (χ3n) is 0.343. The van der Waals surface area contributed by atoms with Crippen LogP contribution in [0.5, 0.6) is 0 Å². The van der Waals surface area contributed by atoms with Crippen molar-refractivity contribution >= 4 is 18.6 Å². The second kappa shape index (κ2) is 3.57. The van der Waals surface area contributed by atoms with E-state index in [0.29, 0.717) is 0 Å². The molecule has 0 unspecified atom stereocenters. The molecule has 0 aromatic carbocycles. The van der Waals surface area contributed by atoms with Gasteiger partial charge in [-0.2, -0.15) is 0 Å². The molecule has 0 aromatic heterocycles. The van der Waals surface area contributed by atoms with E-state index >= 15 is 0 Å². The van der Waals surface area contributed by atoms with Gasteiger partial charge in [0.05, 0.1) is 7.11 Å². The molecular formula is C4H4O2S. The zero-order valence-corrected chi connectivity index (χ0v) is 4.66. The van der Waals surface area contributed by atoms with Gasteiger partial charge in [0, 0.05) is 5.92 Å². The van der Waals surface area contributed by atoms with Gasteiger partial charge in [0.1, 0.15) is 0 Å². The molecule has 0 amide bonds. The van der Waals surface area contributed by atoms with Gasteiger partial charge in [-0.1, -0.05) is 12.6 Å². The number of hydrogen-bond donors (Lipinski definition) is 1. The van der Waals surface area contributed by atoms with E-state index in [2.05, 4.69) is 22.6 Å². The van der Waals surface area contributed by atoms with Gasteiger partial charge in [0.2, 0.25) is 0 Å². The molecule has 3 heteroatoms. The highest BCUT2D eigenvalue weighted by molar-refractivity contribution is 7.85. The Balaban J connectivity index is 3.52. The molecule has 0 rings (SSSR count). The third kappa shape index (κ3) is 3.20. The monoisotopic (exact) mass is 116 g/mol. The van der Waals surface area contributed by atoms with Crippen LogP contribution < -0.4 is 0 Å². The number of rotatable bonds is 0. The summed E-state index contributed by atoms with van der Waals surface area (Å²) in [7, 11) is 1.26. The van der Waals surface area contributed by atoms with E-state index in [0.717, 1.165) is 0 Å². The van der Waals surface area contributed by atoms with Gasteiger partial charge in [-0.3, -0.25) is 0 Å². The van der Waals surface area contributed by atoms with Gasteiger partial charge in [0.15, 0.2) is 0 Å². The van der Waals surface area contributed by atoms with Crippen molar-refractivity contribution in [3.63, 3.8) is 0 Å². The fraction of sp³-hybridized carbons (Fsp3) is 0.250. The minimum atomic E-state index is -0.560. The Bertz CT molecular complexity index is 119. The number of carbonyl (C=O) groups excluding carboxylic acids is 1. The maximum absolute atomic E-state index is 9.97. The van der Waals surface area contributed by atoms with Gasteiger partial charge < -0.3 is 4.74 Å². The van der Waals surface area contributed by atoms with Crippen LogP contribution in [0.15, 0.2) is 0 Å². The molecule has 0 radical (unpaired) electrons. The molecule has 0 atom stereocenters. The molecule has 0 heterocycles. The fourth-order valence-corrected chi connectivity index (χ4v) is 0.188. The Morgan fingerprint density at radius 1 is 1.86 bits per heavy atom. The Hall–Kier alpha value is -0.620. The summed E-state index contributed by atoms with van der Waals surface area (Å²) in [6.07, 6.45) is 0. The first-order valence-corrected chi connectivity index (χ1v) is 1.99. The van der Waals surface area contributed by atoms with E-state index in [-0.39, 0.29) is 0 Å². The Morgan fingerprint density at radius 2 is 2.43 bits per heavy atom. The number of esters is 1. The lowest BCUT2D eigenvalue weighted by molar-refractivity contribution is -0.133. The van der Waals surface area contributed by atoms with Crippen molar-refractivity contribution in [3.05, 3.63) is 0 Å². The molecule has 0 fully saturated rings. The second-order valence-corrected chi connectivity index (χ2v) is 0.952. The lowest BCUT2D eigenvalue weighted by atomic mass is 10.7. The molecule has 0 bridgehead atoms. The topological polar surface area (TPSA) is 26.3 Å². The highest BCUT2D eigenvalue weighted by Gasteiger charge is 1.84. The SMILES string of the molecule is COC(=O)C#CS. The normalized spacial score (nSPS) is 6.00. The molecule has 0 aliphatic rings. The first-order valence-electron chi connectivity index (χ1n) is 1.54. The standard InChI is InChI=1S/C4H4O2S/c1-6-4(5)2-3-7/h7H,1H3. The summed E-state index contributed by atoms with van der Waals surface area (Å²) in [6.45, 7) is 0. The quantitative estimate of drug-likeness (QED) is 0.275. The van der Waals surface area contributed by atoms with Crippen molar-refractivity contribution in [1.29, 1.82) is 0 Å². The average Bonchev–Trinajstić information content (AvgIpc) is 1.68.